The second-order valence-electron chi connectivity index (χ2n) is 6.88. The molecule has 1 aromatic heterocycles. The molecule has 0 saturated carbocycles. The van der Waals surface area contributed by atoms with Crippen LogP contribution in [-0.4, -0.2) is 46.7 Å². The Balaban J connectivity index is 1.28. The summed E-state index contributed by atoms with van der Waals surface area (Å²) in [5.74, 6) is -1.17. The SMILES string of the molecule is O=C(CN1C(=O)c2ccccc2C1=O)Nc1nc(-c2ccc3c(c2)NC(=O)CO3)cs1. The van der Waals surface area contributed by atoms with Gasteiger partial charge in [0.1, 0.15) is 12.3 Å². The van der Waals surface area contributed by atoms with Gasteiger partial charge in [0.15, 0.2) is 11.7 Å². The number of nitrogens with zero attached hydrogens (tertiary/aromatic N) is 2. The van der Waals surface area contributed by atoms with Gasteiger partial charge in [0, 0.05) is 10.9 Å². The van der Waals surface area contributed by atoms with Crippen LogP contribution in [-0.2, 0) is 9.59 Å². The number of aromatic nitrogens is 1. The highest BCUT2D eigenvalue weighted by molar-refractivity contribution is 7.14. The molecule has 0 saturated heterocycles. The molecular weight excluding hydrogens is 420 g/mol. The van der Waals surface area contributed by atoms with Gasteiger partial charge < -0.3 is 15.4 Å². The highest BCUT2D eigenvalue weighted by Gasteiger charge is 2.36. The van der Waals surface area contributed by atoms with E-state index in [2.05, 4.69) is 15.6 Å². The molecule has 4 amide bonds. The van der Waals surface area contributed by atoms with Crippen LogP contribution in [0.15, 0.2) is 47.8 Å². The van der Waals surface area contributed by atoms with Crippen LogP contribution < -0.4 is 15.4 Å². The van der Waals surface area contributed by atoms with Crippen LogP contribution in [0.2, 0.25) is 0 Å². The van der Waals surface area contributed by atoms with Crippen molar-refractivity contribution in [2.45, 2.75) is 0 Å². The number of nitrogens with one attached hydrogen (secondary N) is 2. The minimum Gasteiger partial charge on any atom is -0.482 e. The Morgan fingerprint density at radius 2 is 1.87 bits per heavy atom. The van der Waals surface area contributed by atoms with Gasteiger partial charge in [0.25, 0.3) is 17.7 Å². The Labute approximate surface area is 179 Å². The van der Waals surface area contributed by atoms with Crippen LogP contribution in [0.25, 0.3) is 11.3 Å². The summed E-state index contributed by atoms with van der Waals surface area (Å²) in [4.78, 5) is 54.0. The lowest BCUT2D eigenvalue weighted by atomic mass is 10.1. The molecular formula is C21H14N4O5S. The van der Waals surface area contributed by atoms with Gasteiger partial charge in [-0.05, 0) is 30.3 Å². The maximum absolute atomic E-state index is 12.4. The number of anilines is 2. The van der Waals surface area contributed by atoms with E-state index in [1.165, 1.54) is 11.3 Å². The van der Waals surface area contributed by atoms with E-state index in [0.717, 1.165) is 10.5 Å². The predicted molar refractivity (Wildman–Crippen MR) is 112 cm³/mol. The molecule has 0 bridgehead atoms. The van der Waals surface area contributed by atoms with Crippen LogP contribution in [0.3, 0.4) is 0 Å². The van der Waals surface area contributed by atoms with Crippen molar-refractivity contribution in [2.75, 3.05) is 23.8 Å². The normalized spacial score (nSPS) is 14.6. The fourth-order valence-electron chi connectivity index (χ4n) is 3.39. The average molecular weight is 434 g/mol. The Hall–Kier alpha value is -4.05. The lowest BCUT2D eigenvalue weighted by Gasteiger charge is -2.18. The number of carbonyl (C=O) groups excluding carboxylic acids is 4. The number of rotatable bonds is 4. The average Bonchev–Trinajstić information content (AvgIpc) is 3.32. The van der Waals surface area contributed by atoms with Gasteiger partial charge in [0.2, 0.25) is 5.91 Å². The third-order valence-corrected chi connectivity index (χ3v) is 5.60. The third-order valence-electron chi connectivity index (χ3n) is 4.84. The first-order valence-electron chi connectivity index (χ1n) is 9.27. The van der Waals surface area contributed by atoms with Crippen molar-refractivity contribution >= 4 is 45.8 Å². The largest absolute Gasteiger partial charge is 0.482 e. The number of carbonyl (C=O) groups is 4. The van der Waals surface area contributed by atoms with Crippen molar-refractivity contribution in [1.82, 2.24) is 9.88 Å². The molecule has 2 aliphatic rings. The van der Waals surface area contributed by atoms with Gasteiger partial charge in [0.05, 0.1) is 22.5 Å². The Morgan fingerprint density at radius 3 is 2.61 bits per heavy atom. The molecule has 9 nitrogen and oxygen atoms in total. The van der Waals surface area contributed by atoms with E-state index in [9.17, 15) is 19.2 Å². The van der Waals surface area contributed by atoms with Gasteiger partial charge in [-0.2, -0.15) is 0 Å². The highest BCUT2D eigenvalue weighted by Crippen LogP contribution is 2.33. The summed E-state index contributed by atoms with van der Waals surface area (Å²) in [6.45, 7) is -0.421. The Morgan fingerprint density at radius 1 is 1.13 bits per heavy atom. The van der Waals surface area contributed by atoms with Crippen molar-refractivity contribution in [1.29, 1.82) is 0 Å². The molecule has 0 radical (unpaired) electrons. The summed E-state index contributed by atoms with van der Waals surface area (Å²) in [5, 5.41) is 7.45. The standard InChI is InChI=1S/C21H14N4O5S/c26-17(8-25-19(28)12-3-1-2-4-13(12)20(25)29)24-21-23-15(10-31-21)11-5-6-16-14(7-11)22-18(27)9-30-16/h1-7,10H,8-9H2,(H,22,27)(H,23,24,26). The summed E-state index contributed by atoms with van der Waals surface area (Å²) in [6.07, 6.45) is 0. The molecule has 2 aliphatic heterocycles. The van der Waals surface area contributed by atoms with Crippen LogP contribution >= 0.6 is 11.3 Å². The molecule has 5 rings (SSSR count). The van der Waals surface area contributed by atoms with Gasteiger partial charge in [-0.3, -0.25) is 24.1 Å². The number of ether oxygens (including phenoxy) is 1. The molecule has 3 aromatic rings. The molecule has 31 heavy (non-hydrogen) atoms. The van der Waals surface area contributed by atoms with Crippen LogP contribution in [0.5, 0.6) is 5.75 Å². The molecule has 0 unspecified atom stereocenters. The molecule has 0 spiro atoms. The van der Waals surface area contributed by atoms with E-state index in [-0.39, 0.29) is 12.5 Å². The van der Waals surface area contributed by atoms with Crippen molar-refractivity contribution in [3.8, 4) is 17.0 Å². The summed E-state index contributed by atoms with van der Waals surface area (Å²) < 4.78 is 5.34. The molecule has 2 N–H and O–H groups in total. The van der Waals surface area contributed by atoms with Crippen LogP contribution in [0.4, 0.5) is 10.8 Å². The van der Waals surface area contributed by atoms with Crippen molar-refractivity contribution < 1.29 is 23.9 Å². The molecule has 10 heteroatoms. The topological polar surface area (TPSA) is 118 Å². The zero-order chi connectivity index (χ0) is 21.5. The fraction of sp³-hybridized carbons (Fsp3) is 0.0952. The van der Waals surface area contributed by atoms with Crippen molar-refractivity contribution in [3.05, 3.63) is 59.0 Å². The molecule has 0 aliphatic carbocycles. The molecule has 2 aromatic carbocycles. The second kappa shape index (κ2) is 7.33. The molecule has 0 atom stereocenters. The first kappa shape index (κ1) is 18.9. The number of amides is 4. The van der Waals surface area contributed by atoms with E-state index in [1.54, 1.807) is 47.8 Å². The maximum atomic E-state index is 12.4. The lowest BCUT2D eigenvalue weighted by molar-refractivity contribution is -0.118. The summed E-state index contributed by atoms with van der Waals surface area (Å²) in [5.41, 5.74) is 2.48. The fourth-order valence-corrected chi connectivity index (χ4v) is 4.13. The quantitative estimate of drug-likeness (QED) is 0.609. The number of thiazole rings is 1. The predicted octanol–water partition coefficient (Wildman–Crippen LogP) is 2.38. The smallest absolute Gasteiger partial charge is 0.262 e. The van der Waals surface area contributed by atoms with Crippen molar-refractivity contribution in [3.63, 3.8) is 0 Å². The zero-order valence-electron chi connectivity index (χ0n) is 15.9. The molecule has 3 heterocycles. The minimum atomic E-state index is -0.526. The van der Waals surface area contributed by atoms with E-state index >= 15 is 0 Å². The lowest BCUT2D eigenvalue weighted by Crippen LogP contribution is -2.37. The highest BCUT2D eigenvalue weighted by atomic mass is 32.1. The van der Waals surface area contributed by atoms with E-state index in [4.69, 9.17) is 4.74 Å². The van der Waals surface area contributed by atoms with Gasteiger partial charge in [-0.1, -0.05) is 12.1 Å². The monoisotopic (exact) mass is 434 g/mol. The summed E-state index contributed by atoms with van der Waals surface area (Å²) >= 11 is 1.21. The van der Waals surface area contributed by atoms with Crippen LogP contribution in [0, 0.1) is 0 Å². The van der Waals surface area contributed by atoms with E-state index < -0.39 is 24.3 Å². The number of imide groups is 1. The first-order chi connectivity index (χ1) is 15.0. The number of hydrogen-bond acceptors (Lipinski definition) is 7. The summed E-state index contributed by atoms with van der Waals surface area (Å²) in [6, 6.07) is 11.7. The third kappa shape index (κ3) is 3.42. The Kier molecular flexibility index (Phi) is 4.48. The van der Waals surface area contributed by atoms with Crippen molar-refractivity contribution in [2.24, 2.45) is 0 Å². The molecule has 154 valence electrons. The van der Waals surface area contributed by atoms with Crippen LogP contribution in [0.1, 0.15) is 20.7 Å². The maximum Gasteiger partial charge on any atom is 0.262 e. The van der Waals surface area contributed by atoms with E-state index in [0.29, 0.717) is 33.4 Å². The number of hydrogen-bond donors (Lipinski definition) is 2. The number of benzene rings is 2. The Bertz CT molecular complexity index is 1230. The number of fused-ring (bicyclic) bond motifs is 2. The summed E-state index contributed by atoms with van der Waals surface area (Å²) in [7, 11) is 0. The second-order valence-corrected chi connectivity index (χ2v) is 7.73. The van der Waals surface area contributed by atoms with E-state index in [1.807, 2.05) is 0 Å². The first-order valence-corrected chi connectivity index (χ1v) is 10.2. The van der Waals surface area contributed by atoms with Gasteiger partial charge in [-0.25, -0.2) is 4.98 Å². The zero-order valence-corrected chi connectivity index (χ0v) is 16.7. The minimum absolute atomic E-state index is 0.0215. The van der Waals surface area contributed by atoms with Gasteiger partial charge in [-0.15, -0.1) is 11.3 Å². The van der Waals surface area contributed by atoms with Gasteiger partial charge >= 0.3 is 0 Å². The molecule has 0 fully saturated rings.